The van der Waals surface area contributed by atoms with Gasteiger partial charge in [0.05, 0.1) is 10.0 Å². The van der Waals surface area contributed by atoms with Crippen LogP contribution in [0.5, 0.6) is 0 Å². The predicted octanol–water partition coefficient (Wildman–Crippen LogP) is 4.40. The fourth-order valence-electron chi connectivity index (χ4n) is 2.89. The lowest BCUT2D eigenvalue weighted by Crippen LogP contribution is -2.44. The first kappa shape index (κ1) is 18.8. The number of likely N-dealkylation sites (N-methyl/N-ethyl adjacent to an activating group) is 1. The van der Waals surface area contributed by atoms with Crippen LogP contribution in [0.1, 0.15) is 5.56 Å². The maximum absolute atomic E-state index is 12.2. The van der Waals surface area contributed by atoms with Gasteiger partial charge in [0.2, 0.25) is 5.91 Å². The molecule has 6 heteroatoms. The molecule has 0 aliphatic carbocycles. The molecule has 4 nitrogen and oxygen atoms in total. The van der Waals surface area contributed by atoms with Crippen molar-refractivity contribution < 1.29 is 4.79 Å². The quantitative estimate of drug-likeness (QED) is 0.787. The second-order valence-electron chi connectivity index (χ2n) is 6.30. The molecule has 0 atom stereocenters. The van der Waals surface area contributed by atoms with Crippen LogP contribution >= 0.6 is 23.2 Å². The number of anilines is 2. The van der Waals surface area contributed by atoms with Crippen molar-refractivity contribution in [3.8, 4) is 0 Å². The van der Waals surface area contributed by atoms with Crippen molar-refractivity contribution in [1.82, 2.24) is 4.90 Å². The lowest BCUT2D eigenvalue weighted by atomic mass is 10.1. The molecule has 1 aliphatic heterocycles. The van der Waals surface area contributed by atoms with Gasteiger partial charge in [-0.3, -0.25) is 4.79 Å². The highest BCUT2D eigenvalue weighted by Crippen LogP contribution is 2.25. The molecule has 3 rings (SSSR count). The fraction of sp³-hybridized carbons (Fsp3) is 0.250. The van der Waals surface area contributed by atoms with Gasteiger partial charge in [0.25, 0.3) is 0 Å². The SMILES string of the molecule is CN1CCN(c2ccccc2C=CC(=O)Nc2ccc(Cl)c(Cl)c2)CC1. The minimum Gasteiger partial charge on any atom is -0.368 e. The maximum atomic E-state index is 12.2. The Morgan fingerprint density at radius 2 is 1.77 bits per heavy atom. The predicted molar refractivity (Wildman–Crippen MR) is 110 cm³/mol. The standard InChI is InChI=1S/C20H21Cl2N3O/c1-24-10-12-25(13-11-24)19-5-3-2-4-15(19)6-9-20(26)23-16-7-8-17(21)18(22)14-16/h2-9,14H,10-13H2,1H3,(H,23,26). The van der Waals surface area contributed by atoms with Gasteiger partial charge in [-0.25, -0.2) is 0 Å². The number of benzene rings is 2. The van der Waals surface area contributed by atoms with E-state index in [0.29, 0.717) is 15.7 Å². The number of amides is 1. The van der Waals surface area contributed by atoms with Crippen LogP contribution in [-0.4, -0.2) is 44.0 Å². The zero-order valence-electron chi connectivity index (χ0n) is 14.6. The topological polar surface area (TPSA) is 35.6 Å². The van der Waals surface area contributed by atoms with Crippen molar-refractivity contribution in [2.75, 3.05) is 43.4 Å². The molecular formula is C20H21Cl2N3O. The van der Waals surface area contributed by atoms with Crippen molar-refractivity contribution in [3.05, 3.63) is 64.1 Å². The molecule has 136 valence electrons. The van der Waals surface area contributed by atoms with Gasteiger partial charge in [-0.15, -0.1) is 0 Å². The van der Waals surface area contributed by atoms with E-state index in [0.717, 1.165) is 37.4 Å². The molecule has 2 aromatic rings. The number of hydrogen-bond donors (Lipinski definition) is 1. The summed E-state index contributed by atoms with van der Waals surface area (Å²) in [5.74, 6) is -0.212. The number of halogens is 2. The average molecular weight is 390 g/mol. The first-order valence-corrected chi connectivity index (χ1v) is 9.25. The van der Waals surface area contributed by atoms with E-state index in [-0.39, 0.29) is 5.91 Å². The Balaban J connectivity index is 1.70. The minimum atomic E-state index is -0.212. The number of para-hydroxylation sites is 1. The molecule has 2 aromatic carbocycles. The number of nitrogens with one attached hydrogen (secondary N) is 1. The van der Waals surface area contributed by atoms with E-state index in [2.05, 4.69) is 28.2 Å². The molecule has 0 unspecified atom stereocenters. The van der Waals surface area contributed by atoms with Crippen molar-refractivity contribution >= 4 is 46.6 Å². The summed E-state index contributed by atoms with van der Waals surface area (Å²) in [6.45, 7) is 4.04. The van der Waals surface area contributed by atoms with Gasteiger partial charge in [0.1, 0.15) is 0 Å². The number of nitrogens with zero attached hydrogens (tertiary/aromatic N) is 2. The highest BCUT2D eigenvalue weighted by molar-refractivity contribution is 6.42. The van der Waals surface area contributed by atoms with E-state index in [4.69, 9.17) is 23.2 Å². The molecule has 0 bridgehead atoms. The number of piperazine rings is 1. The highest BCUT2D eigenvalue weighted by Gasteiger charge is 2.15. The molecule has 1 heterocycles. The highest BCUT2D eigenvalue weighted by atomic mass is 35.5. The Kier molecular flexibility index (Phi) is 6.20. The lowest BCUT2D eigenvalue weighted by molar-refractivity contribution is -0.111. The molecule has 1 aliphatic rings. The Labute approximate surface area is 164 Å². The molecule has 0 saturated carbocycles. The second-order valence-corrected chi connectivity index (χ2v) is 7.12. The van der Waals surface area contributed by atoms with Gasteiger partial charge in [-0.2, -0.15) is 0 Å². The van der Waals surface area contributed by atoms with Crippen LogP contribution in [0, 0.1) is 0 Å². The van der Waals surface area contributed by atoms with E-state index in [1.54, 1.807) is 18.2 Å². The summed E-state index contributed by atoms with van der Waals surface area (Å²) in [5.41, 5.74) is 2.79. The van der Waals surface area contributed by atoms with Crippen LogP contribution < -0.4 is 10.2 Å². The molecule has 0 spiro atoms. The molecule has 1 amide bonds. The van der Waals surface area contributed by atoms with Gasteiger partial charge < -0.3 is 15.1 Å². The van der Waals surface area contributed by atoms with E-state index in [1.807, 2.05) is 24.3 Å². The third-order valence-electron chi connectivity index (χ3n) is 4.38. The number of hydrogen-bond acceptors (Lipinski definition) is 3. The maximum Gasteiger partial charge on any atom is 0.248 e. The van der Waals surface area contributed by atoms with Gasteiger partial charge in [0, 0.05) is 43.6 Å². The summed E-state index contributed by atoms with van der Waals surface area (Å²) < 4.78 is 0. The van der Waals surface area contributed by atoms with Crippen LogP contribution in [0.3, 0.4) is 0 Å². The third kappa shape index (κ3) is 4.79. The van der Waals surface area contributed by atoms with Gasteiger partial charge in [0.15, 0.2) is 0 Å². The normalized spacial score (nSPS) is 15.4. The van der Waals surface area contributed by atoms with Crippen LogP contribution in [0.25, 0.3) is 6.08 Å². The third-order valence-corrected chi connectivity index (χ3v) is 5.12. The zero-order chi connectivity index (χ0) is 18.5. The summed E-state index contributed by atoms with van der Waals surface area (Å²) in [5, 5.41) is 3.67. The Hall–Kier alpha value is -2.01. The fourth-order valence-corrected chi connectivity index (χ4v) is 3.19. The lowest BCUT2D eigenvalue weighted by Gasteiger charge is -2.34. The Bertz CT molecular complexity index is 814. The van der Waals surface area contributed by atoms with E-state index in [1.165, 1.54) is 6.08 Å². The van der Waals surface area contributed by atoms with Crippen molar-refractivity contribution in [1.29, 1.82) is 0 Å². The first-order chi connectivity index (χ1) is 12.5. The van der Waals surface area contributed by atoms with Crippen LogP contribution in [0.15, 0.2) is 48.5 Å². The molecule has 1 N–H and O–H groups in total. The molecule has 26 heavy (non-hydrogen) atoms. The average Bonchev–Trinajstić information content (AvgIpc) is 2.64. The number of rotatable bonds is 4. The molecule has 0 aromatic heterocycles. The van der Waals surface area contributed by atoms with E-state index >= 15 is 0 Å². The first-order valence-electron chi connectivity index (χ1n) is 8.49. The smallest absolute Gasteiger partial charge is 0.248 e. The monoisotopic (exact) mass is 389 g/mol. The molecule has 1 saturated heterocycles. The van der Waals surface area contributed by atoms with Gasteiger partial charge in [-0.05, 0) is 43.0 Å². The molecule has 0 radical (unpaired) electrons. The minimum absolute atomic E-state index is 0.212. The van der Waals surface area contributed by atoms with Crippen LogP contribution in [-0.2, 0) is 4.79 Å². The van der Waals surface area contributed by atoms with E-state index < -0.39 is 0 Å². The van der Waals surface area contributed by atoms with Crippen molar-refractivity contribution in [2.45, 2.75) is 0 Å². The number of carbonyl (C=O) groups excluding carboxylic acids is 1. The summed E-state index contributed by atoms with van der Waals surface area (Å²) in [4.78, 5) is 16.9. The number of carbonyl (C=O) groups is 1. The van der Waals surface area contributed by atoms with Crippen molar-refractivity contribution in [2.24, 2.45) is 0 Å². The molecular weight excluding hydrogens is 369 g/mol. The summed E-state index contributed by atoms with van der Waals surface area (Å²) in [6.07, 6.45) is 3.39. The second kappa shape index (κ2) is 8.58. The molecule has 1 fully saturated rings. The Morgan fingerprint density at radius 3 is 2.50 bits per heavy atom. The van der Waals surface area contributed by atoms with Crippen molar-refractivity contribution in [3.63, 3.8) is 0 Å². The van der Waals surface area contributed by atoms with Gasteiger partial charge in [-0.1, -0.05) is 41.4 Å². The van der Waals surface area contributed by atoms with Gasteiger partial charge >= 0.3 is 0 Å². The summed E-state index contributed by atoms with van der Waals surface area (Å²) >= 11 is 11.9. The largest absolute Gasteiger partial charge is 0.368 e. The summed E-state index contributed by atoms with van der Waals surface area (Å²) in [6, 6.07) is 13.1. The zero-order valence-corrected chi connectivity index (χ0v) is 16.1. The summed E-state index contributed by atoms with van der Waals surface area (Å²) in [7, 11) is 2.14. The Morgan fingerprint density at radius 1 is 1.04 bits per heavy atom. The van der Waals surface area contributed by atoms with E-state index in [9.17, 15) is 4.79 Å². The van der Waals surface area contributed by atoms with Crippen LogP contribution in [0.2, 0.25) is 10.0 Å². The van der Waals surface area contributed by atoms with Crippen LogP contribution in [0.4, 0.5) is 11.4 Å².